The molecule has 2 heterocycles. The van der Waals surface area contributed by atoms with E-state index in [-0.39, 0.29) is 13.2 Å². The van der Waals surface area contributed by atoms with Gasteiger partial charge in [0.1, 0.15) is 12.2 Å². The summed E-state index contributed by atoms with van der Waals surface area (Å²) in [6, 6.07) is 15.6. The molecule has 0 spiro atoms. The summed E-state index contributed by atoms with van der Waals surface area (Å²) in [5.41, 5.74) is 4.13. The number of aryl methyl sites for hydroxylation is 2. The lowest BCUT2D eigenvalue weighted by molar-refractivity contribution is -0.149. The Bertz CT molecular complexity index is 922. The number of ether oxygens (including phenoxy) is 4. The van der Waals surface area contributed by atoms with Crippen molar-refractivity contribution in [2.45, 2.75) is 38.3 Å². The molecule has 4 rings (SSSR count). The number of esters is 2. The lowest BCUT2D eigenvalue weighted by Crippen LogP contribution is -2.35. The van der Waals surface area contributed by atoms with Gasteiger partial charge >= 0.3 is 11.9 Å². The van der Waals surface area contributed by atoms with Crippen LogP contribution in [0.1, 0.15) is 22.3 Å². The van der Waals surface area contributed by atoms with Crippen LogP contribution in [0.2, 0.25) is 0 Å². The Morgan fingerprint density at radius 1 is 0.719 bits per heavy atom. The van der Waals surface area contributed by atoms with E-state index in [9.17, 15) is 9.59 Å². The lowest BCUT2D eigenvalue weighted by atomic mass is 10.1. The van der Waals surface area contributed by atoms with Crippen LogP contribution in [-0.4, -0.2) is 49.6 Å². The number of hydrogen-bond donors (Lipinski definition) is 0. The molecule has 2 aromatic rings. The van der Waals surface area contributed by atoms with Gasteiger partial charge in [0.2, 0.25) is 0 Å². The van der Waals surface area contributed by atoms with Crippen molar-refractivity contribution >= 4 is 24.1 Å². The van der Waals surface area contributed by atoms with Crippen molar-refractivity contribution in [1.29, 1.82) is 0 Å². The van der Waals surface area contributed by atoms with E-state index in [1.807, 2.05) is 62.4 Å². The summed E-state index contributed by atoms with van der Waals surface area (Å²) < 4.78 is 22.5. The molecule has 0 unspecified atom stereocenters. The van der Waals surface area contributed by atoms with Gasteiger partial charge in [0.25, 0.3) is 0 Å². The van der Waals surface area contributed by atoms with Crippen molar-refractivity contribution in [2.24, 2.45) is 0 Å². The molecule has 2 aliphatic rings. The Morgan fingerprint density at radius 2 is 1.09 bits per heavy atom. The maximum absolute atomic E-state index is 12.2. The van der Waals surface area contributed by atoms with E-state index in [0.29, 0.717) is 0 Å². The smallest absolute Gasteiger partial charge is 0.331 e. The highest BCUT2D eigenvalue weighted by molar-refractivity contribution is 5.87. The average molecular weight is 434 g/mol. The summed E-state index contributed by atoms with van der Waals surface area (Å²) in [4.78, 5) is 24.4. The maximum Gasteiger partial charge on any atom is 0.331 e. The molecule has 6 nitrogen and oxygen atoms in total. The minimum Gasteiger partial charge on any atom is -0.454 e. The van der Waals surface area contributed by atoms with Crippen LogP contribution in [0.25, 0.3) is 12.2 Å². The highest BCUT2D eigenvalue weighted by Crippen LogP contribution is 2.30. The number of carbonyl (C=O) groups is 2. The second kappa shape index (κ2) is 9.94. The second-order valence-electron chi connectivity index (χ2n) is 8.03. The van der Waals surface area contributed by atoms with Gasteiger partial charge in [0.05, 0.1) is 13.2 Å². The predicted molar refractivity (Wildman–Crippen MR) is 120 cm³/mol. The minimum atomic E-state index is -0.540. The fraction of sp³-hybridized carbons (Fsp3) is 0.308. The first kappa shape index (κ1) is 22.0. The Morgan fingerprint density at radius 3 is 1.47 bits per heavy atom. The molecular weight excluding hydrogens is 408 g/mol. The highest BCUT2D eigenvalue weighted by Gasteiger charge is 2.50. The van der Waals surface area contributed by atoms with Crippen LogP contribution in [-0.2, 0) is 28.5 Å². The molecule has 0 amide bonds. The van der Waals surface area contributed by atoms with Crippen molar-refractivity contribution in [3.8, 4) is 0 Å². The normalized spacial score (nSPS) is 24.7. The first-order valence-corrected chi connectivity index (χ1v) is 10.6. The van der Waals surface area contributed by atoms with Crippen molar-refractivity contribution in [1.82, 2.24) is 0 Å². The van der Waals surface area contributed by atoms with E-state index in [1.165, 1.54) is 12.2 Å². The van der Waals surface area contributed by atoms with Crippen molar-refractivity contribution in [3.05, 3.63) is 82.9 Å². The predicted octanol–water partition coefficient (Wildman–Crippen LogP) is 3.65. The maximum atomic E-state index is 12.2. The van der Waals surface area contributed by atoms with Crippen molar-refractivity contribution < 1.29 is 28.5 Å². The molecule has 0 saturated carbocycles. The van der Waals surface area contributed by atoms with E-state index in [1.54, 1.807) is 12.2 Å². The van der Waals surface area contributed by atoms with Gasteiger partial charge in [-0.1, -0.05) is 59.7 Å². The summed E-state index contributed by atoms with van der Waals surface area (Å²) in [5, 5.41) is 0. The molecule has 0 aliphatic carbocycles. The zero-order chi connectivity index (χ0) is 22.5. The summed E-state index contributed by atoms with van der Waals surface area (Å²) in [6.07, 6.45) is 4.20. The van der Waals surface area contributed by atoms with Gasteiger partial charge in [0.15, 0.2) is 12.2 Å². The number of hydrogen-bond acceptors (Lipinski definition) is 6. The average Bonchev–Trinajstić information content (AvgIpc) is 3.36. The van der Waals surface area contributed by atoms with Gasteiger partial charge in [-0.25, -0.2) is 9.59 Å². The van der Waals surface area contributed by atoms with Gasteiger partial charge in [0, 0.05) is 12.2 Å². The third kappa shape index (κ3) is 5.52. The number of rotatable bonds is 6. The van der Waals surface area contributed by atoms with Crippen LogP contribution in [0.4, 0.5) is 0 Å². The third-order valence-electron chi connectivity index (χ3n) is 5.48. The Labute approximate surface area is 187 Å². The van der Waals surface area contributed by atoms with E-state index in [4.69, 9.17) is 18.9 Å². The number of benzene rings is 2. The molecule has 0 radical (unpaired) electrons. The molecule has 2 fully saturated rings. The molecule has 4 atom stereocenters. The topological polar surface area (TPSA) is 71.1 Å². The minimum absolute atomic E-state index is 0.201. The fourth-order valence-electron chi connectivity index (χ4n) is 3.69. The van der Waals surface area contributed by atoms with Crippen LogP contribution in [0.5, 0.6) is 0 Å². The van der Waals surface area contributed by atoms with E-state index in [2.05, 4.69) is 0 Å². The molecule has 2 saturated heterocycles. The van der Waals surface area contributed by atoms with Crippen molar-refractivity contribution in [2.75, 3.05) is 13.2 Å². The van der Waals surface area contributed by atoms with Gasteiger partial charge in [-0.15, -0.1) is 0 Å². The number of carbonyl (C=O) groups excluding carboxylic acids is 2. The van der Waals surface area contributed by atoms with Gasteiger partial charge in [-0.05, 0) is 37.1 Å². The Balaban J connectivity index is 1.27. The number of fused-ring (bicyclic) bond motifs is 1. The standard InChI is InChI=1S/C26H26O6/c1-17-3-7-19(8-4-17)11-13-23(27)31-21-15-29-26-22(16-30-25(21)26)32-24(28)14-12-20-9-5-18(2)6-10-20/h3-14,21-22,25-26H,15-16H2,1-2H3/b13-11+,14-12?/t21-,22+,25-,26-/m1/s1. The molecule has 0 aromatic heterocycles. The molecular formula is C26H26O6. The van der Waals surface area contributed by atoms with Crippen molar-refractivity contribution in [3.63, 3.8) is 0 Å². The molecule has 2 aromatic carbocycles. The quantitative estimate of drug-likeness (QED) is 0.511. The van der Waals surface area contributed by atoms with Gasteiger partial charge in [-0.3, -0.25) is 0 Å². The first-order valence-electron chi connectivity index (χ1n) is 10.6. The van der Waals surface area contributed by atoms with E-state index < -0.39 is 36.4 Å². The first-order chi connectivity index (χ1) is 15.5. The largest absolute Gasteiger partial charge is 0.454 e. The summed E-state index contributed by atoms with van der Waals surface area (Å²) >= 11 is 0. The van der Waals surface area contributed by atoms with Gasteiger partial charge < -0.3 is 18.9 Å². The summed E-state index contributed by atoms with van der Waals surface area (Å²) in [5.74, 6) is -0.935. The third-order valence-corrected chi connectivity index (χ3v) is 5.48. The van der Waals surface area contributed by atoms with Gasteiger partial charge in [-0.2, -0.15) is 0 Å². The van der Waals surface area contributed by atoms with Crippen LogP contribution in [0.3, 0.4) is 0 Å². The highest BCUT2D eigenvalue weighted by atomic mass is 16.7. The lowest BCUT2D eigenvalue weighted by Gasteiger charge is -2.16. The van der Waals surface area contributed by atoms with Crippen LogP contribution in [0.15, 0.2) is 60.7 Å². The molecule has 32 heavy (non-hydrogen) atoms. The molecule has 2 aliphatic heterocycles. The Hall–Kier alpha value is -3.22. The van der Waals surface area contributed by atoms with Crippen LogP contribution in [0, 0.1) is 13.8 Å². The zero-order valence-corrected chi connectivity index (χ0v) is 18.1. The van der Waals surface area contributed by atoms with Crippen LogP contribution < -0.4 is 0 Å². The SMILES string of the molecule is Cc1ccc(C=CC(=O)O[C@H]2CO[C@H]3[C@@H]2OC[C@H]3OC(=O)/C=C/c2ccc(C)cc2)cc1. The molecule has 0 N–H and O–H groups in total. The Kier molecular flexibility index (Phi) is 6.83. The fourth-order valence-corrected chi connectivity index (χ4v) is 3.69. The molecule has 6 heteroatoms. The summed E-state index contributed by atoms with van der Waals surface area (Å²) in [6.45, 7) is 4.41. The monoisotopic (exact) mass is 434 g/mol. The second-order valence-corrected chi connectivity index (χ2v) is 8.03. The summed E-state index contributed by atoms with van der Waals surface area (Å²) in [7, 11) is 0. The van der Waals surface area contributed by atoms with Crippen LogP contribution >= 0.6 is 0 Å². The molecule has 0 bridgehead atoms. The zero-order valence-electron chi connectivity index (χ0n) is 18.1. The van der Waals surface area contributed by atoms with E-state index in [0.717, 1.165) is 22.3 Å². The van der Waals surface area contributed by atoms with E-state index >= 15 is 0 Å². The molecule has 166 valence electrons.